The van der Waals surface area contributed by atoms with Crippen molar-refractivity contribution >= 4 is 22.4 Å². The summed E-state index contributed by atoms with van der Waals surface area (Å²) in [5.41, 5.74) is 0.792. The van der Waals surface area contributed by atoms with Gasteiger partial charge in [-0.15, -0.1) is 6.58 Å². The van der Waals surface area contributed by atoms with Gasteiger partial charge in [0, 0.05) is 29.6 Å². The number of pyridine rings is 1. The van der Waals surface area contributed by atoms with E-state index in [0.717, 1.165) is 26.0 Å². The minimum atomic E-state index is -5.07. The lowest BCUT2D eigenvalue weighted by Gasteiger charge is -2.24. The predicted octanol–water partition coefficient (Wildman–Crippen LogP) is 5.61. The van der Waals surface area contributed by atoms with Gasteiger partial charge >= 0.3 is 12.2 Å². The zero-order valence-corrected chi connectivity index (χ0v) is 26.9. The number of rotatable bonds is 6. The third-order valence-corrected chi connectivity index (χ3v) is 9.41. The second-order valence-electron chi connectivity index (χ2n) is 12.7. The molecule has 0 amide bonds. The van der Waals surface area contributed by atoms with E-state index in [0.29, 0.717) is 39.1 Å². The number of aromatic nitrogens is 3. The molecule has 6 rings (SSSR count). The highest BCUT2D eigenvalue weighted by Gasteiger charge is 2.48. The summed E-state index contributed by atoms with van der Waals surface area (Å²) < 4.78 is 92.4. The summed E-state index contributed by atoms with van der Waals surface area (Å²) in [5.74, 6) is -2.56. The molecule has 0 radical (unpaired) electrons. The molecule has 2 saturated heterocycles. The van der Waals surface area contributed by atoms with Gasteiger partial charge in [-0.2, -0.15) is 23.1 Å². The summed E-state index contributed by atoms with van der Waals surface area (Å²) >= 11 is 0. The molecule has 3 aliphatic heterocycles. The van der Waals surface area contributed by atoms with Gasteiger partial charge in [-0.25, -0.2) is 13.8 Å². The van der Waals surface area contributed by atoms with E-state index in [-0.39, 0.29) is 40.6 Å². The average molecular weight is 676 g/mol. The number of likely N-dealkylation sites (tertiary alicyclic amines) is 1. The van der Waals surface area contributed by atoms with Gasteiger partial charge in [0.15, 0.2) is 5.82 Å². The van der Waals surface area contributed by atoms with E-state index in [4.69, 9.17) is 19.9 Å². The van der Waals surface area contributed by atoms with Crippen LogP contribution in [0.3, 0.4) is 0 Å². The first kappa shape index (κ1) is 33.8. The standard InChI is InChI=1S/C33H38F5N7O3/c1-5-6-19-14-41-29-23-28(43-31(44-29)47-12-9-32-8-11-45(4)22(32)15-46-16-32)26(35)27(42-30(23)48-17(2)7-10-40-19)20-13-21(39)25(34)18(3)24(20)33(36,37)38/h5,9,12-13,17,19,22,40H,1,6-8,10-11,14-16,39H2,2-4H3,(H,41,43,44)/b12-9+/t17-,19?,22?,32?/m0/s1. The van der Waals surface area contributed by atoms with E-state index in [2.05, 4.69) is 37.1 Å². The molecule has 0 spiro atoms. The maximum absolute atomic E-state index is 16.7. The van der Waals surface area contributed by atoms with Crippen LogP contribution in [0.2, 0.25) is 0 Å². The van der Waals surface area contributed by atoms with E-state index in [1.807, 2.05) is 13.1 Å². The Morgan fingerprint density at radius 1 is 1.23 bits per heavy atom. The van der Waals surface area contributed by atoms with Crippen molar-refractivity contribution in [1.29, 1.82) is 0 Å². The van der Waals surface area contributed by atoms with Crippen LogP contribution in [0, 0.1) is 24.0 Å². The van der Waals surface area contributed by atoms with Crippen molar-refractivity contribution in [3.05, 3.63) is 53.8 Å². The summed E-state index contributed by atoms with van der Waals surface area (Å²) in [7, 11) is 2.03. The molecule has 0 bridgehead atoms. The zero-order valence-electron chi connectivity index (χ0n) is 26.9. The van der Waals surface area contributed by atoms with Gasteiger partial charge in [0.05, 0.1) is 36.8 Å². The van der Waals surface area contributed by atoms with Crippen molar-refractivity contribution in [1.82, 2.24) is 25.2 Å². The Kier molecular flexibility index (Phi) is 9.22. The summed E-state index contributed by atoms with van der Waals surface area (Å²) in [5, 5.41) is 6.64. The Balaban J connectivity index is 1.54. The summed E-state index contributed by atoms with van der Waals surface area (Å²) in [6.07, 6.45) is 1.47. The quantitative estimate of drug-likeness (QED) is 0.132. The van der Waals surface area contributed by atoms with Gasteiger partial charge < -0.3 is 35.5 Å². The highest BCUT2D eigenvalue weighted by Crippen LogP contribution is 2.45. The number of fused-ring (bicyclic) bond motifs is 1. The predicted molar refractivity (Wildman–Crippen MR) is 171 cm³/mol. The molecule has 3 aliphatic rings. The number of alkyl halides is 3. The second kappa shape index (κ2) is 13.1. The number of hydrogen-bond donors (Lipinski definition) is 3. The number of nitrogens with one attached hydrogen (secondary N) is 2. The largest absolute Gasteiger partial charge is 0.474 e. The lowest BCUT2D eigenvalue weighted by molar-refractivity contribution is -0.137. The number of likely N-dealkylation sites (N-methyl/N-ethyl adjacent to an activating group) is 1. The van der Waals surface area contributed by atoms with Crippen LogP contribution in [0.4, 0.5) is 33.5 Å². The highest BCUT2D eigenvalue weighted by atomic mass is 19.4. The van der Waals surface area contributed by atoms with E-state index in [1.54, 1.807) is 13.0 Å². The highest BCUT2D eigenvalue weighted by molar-refractivity contribution is 5.96. The van der Waals surface area contributed by atoms with E-state index < -0.39 is 57.5 Å². The molecule has 0 aliphatic carbocycles. The van der Waals surface area contributed by atoms with Gasteiger partial charge in [0.1, 0.15) is 28.2 Å². The molecule has 48 heavy (non-hydrogen) atoms. The van der Waals surface area contributed by atoms with E-state index in [9.17, 15) is 17.6 Å². The average Bonchev–Trinajstić information content (AvgIpc) is 3.57. The maximum Gasteiger partial charge on any atom is 0.417 e. The molecule has 5 heterocycles. The minimum absolute atomic E-state index is 0.0133. The van der Waals surface area contributed by atoms with Crippen molar-refractivity contribution in [2.75, 3.05) is 50.9 Å². The van der Waals surface area contributed by atoms with Crippen molar-refractivity contribution in [2.45, 2.75) is 57.5 Å². The van der Waals surface area contributed by atoms with Crippen molar-refractivity contribution in [3.8, 4) is 23.1 Å². The Morgan fingerprint density at radius 2 is 2.02 bits per heavy atom. The Labute approximate surface area is 274 Å². The van der Waals surface area contributed by atoms with Gasteiger partial charge in [-0.1, -0.05) is 6.08 Å². The first-order valence-electron chi connectivity index (χ1n) is 15.8. The van der Waals surface area contributed by atoms with Gasteiger partial charge in [0.25, 0.3) is 0 Å². The van der Waals surface area contributed by atoms with Gasteiger partial charge in [-0.05, 0) is 71.0 Å². The molecular formula is C33H38F5N7O3. The Hall–Kier alpha value is -4.08. The third-order valence-electron chi connectivity index (χ3n) is 9.41. The van der Waals surface area contributed by atoms with E-state index in [1.165, 1.54) is 6.26 Å². The van der Waals surface area contributed by atoms with Crippen LogP contribution < -0.4 is 25.8 Å². The SMILES string of the molecule is C=CCC1CNc2nc(O/C=C/C34CCN(C)C3COC4)nc3c(F)c(-c4cc(N)c(F)c(C)c4C(F)(F)F)nc(c23)O[C@@H](C)CCN1. The maximum atomic E-state index is 16.7. The molecule has 1 aromatic carbocycles. The van der Waals surface area contributed by atoms with Crippen molar-refractivity contribution < 1.29 is 36.2 Å². The monoisotopic (exact) mass is 675 g/mol. The number of benzene rings is 1. The smallest absolute Gasteiger partial charge is 0.417 e. The summed E-state index contributed by atoms with van der Waals surface area (Å²) in [6.45, 7) is 9.35. The fourth-order valence-corrected chi connectivity index (χ4v) is 6.78. The van der Waals surface area contributed by atoms with Crippen LogP contribution >= 0.6 is 0 Å². The first-order valence-corrected chi connectivity index (χ1v) is 15.8. The molecule has 258 valence electrons. The number of nitrogens with zero attached hydrogens (tertiary/aromatic N) is 4. The van der Waals surface area contributed by atoms with Crippen LogP contribution in [0.25, 0.3) is 22.2 Å². The van der Waals surface area contributed by atoms with Crippen molar-refractivity contribution in [2.24, 2.45) is 5.41 Å². The van der Waals surface area contributed by atoms with Crippen LogP contribution in [-0.4, -0.2) is 77.9 Å². The molecule has 4 N–H and O–H groups in total. The van der Waals surface area contributed by atoms with Crippen LogP contribution in [0.1, 0.15) is 37.3 Å². The summed E-state index contributed by atoms with van der Waals surface area (Å²) in [6, 6.07) is 0.549. The number of nitrogens with two attached hydrogens (primary N) is 1. The minimum Gasteiger partial charge on any atom is -0.474 e. The topological polar surface area (TPSA) is 120 Å². The van der Waals surface area contributed by atoms with Crippen molar-refractivity contribution in [3.63, 3.8) is 0 Å². The number of halogens is 5. The molecule has 3 unspecified atom stereocenters. The second-order valence-corrected chi connectivity index (χ2v) is 12.7. The van der Waals surface area contributed by atoms with Crippen LogP contribution in [0.15, 0.2) is 31.1 Å². The van der Waals surface area contributed by atoms with E-state index >= 15 is 4.39 Å². The Morgan fingerprint density at radius 3 is 2.77 bits per heavy atom. The fraction of sp³-hybridized carbons (Fsp3) is 0.485. The summed E-state index contributed by atoms with van der Waals surface area (Å²) in [4.78, 5) is 15.4. The van der Waals surface area contributed by atoms with Crippen LogP contribution in [0.5, 0.6) is 11.9 Å². The first-order chi connectivity index (χ1) is 22.8. The van der Waals surface area contributed by atoms with Gasteiger partial charge in [-0.3, -0.25) is 0 Å². The molecule has 2 aromatic heterocycles. The number of hydrogen-bond acceptors (Lipinski definition) is 10. The van der Waals surface area contributed by atoms with Crippen LogP contribution in [-0.2, 0) is 10.9 Å². The number of anilines is 2. The Bertz CT molecular complexity index is 1750. The third kappa shape index (κ3) is 6.26. The number of ether oxygens (including phenoxy) is 3. The zero-order chi connectivity index (χ0) is 34.4. The molecule has 2 fully saturated rings. The fourth-order valence-electron chi connectivity index (χ4n) is 6.78. The normalized spacial score (nSPS) is 25.0. The van der Waals surface area contributed by atoms with Gasteiger partial charge in [0.2, 0.25) is 5.88 Å². The lowest BCUT2D eigenvalue weighted by atomic mass is 9.83. The molecule has 0 saturated carbocycles. The molecule has 3 aromatic rings. The number of nitrogen functional groups attached to an aromatic ring is 1. The lowest BCUT2D eigenvalue weighted by Crippen LogP contribution is -2.36. The molecular weight excluding hydrogens is 637 g/mol. The molecule has 10 nitrogen and oxygen atoms in total. The molecule has 4 atom stereocenters. The molecule has 15 heteroatoms.